The van der Waals surface area contributed by atoms with E-state index in [4.69, 9.17) is 0 Å². The Kier molecular flexibility index (Phi) is 15.4. The third-order valence-corrected chi connectivity index (χ3v) is 14.2. The normalized spacial score (nSPS) is 34.4. The average Bonchev–Trinajstić information content (AvgIpc) is 3.40. The van der Waals surface area contributed by atoms with Crippen LogP contribution in [0.1, 0.15) is 183 Å². The number of aliphatic hydroxyl groups excluding tert-OH is 1. The summed E-state index contributed by atoms with van der Waals surface area (Å²) in [6.07, 6.45) is 38.5. The minimum atomic E-state index is -0.176. The van der Waals surface area contributed by atoms with Crippen molar-refractivity contribution in [2.75, 3.05) is 0 Å². The second-order valence-electron chi connectivity index (χ2n) is 17.8. The van der Waals surface area contributed by atoms with Gasteiger partial charge in [-0.25, -0.2) is 0 Å². The largest absolute Gasteiger partial charge is 0.393 e. The number of carbonyl (C=O) groups excluding carboxylic acids is 1. The van der Waals surface area contributed by atoms with Gasteiger partial charge in [0.25, 0.3) is 0 Å². The zero-order valence-corrected chi connectivity index (χ0v) is 31.9. The lowest BCUT2D eigenvalue weighted by molar-refractivity contribution is -0.140. The van der Waals surface area contributed by atoms with E-state index in [0.717, 1.165) is 38.0 Å². The third kappa shape index (κ3) is 9.76. The SMILES string of the molecule is CCCCCC=CCCCCCCCCC=CC(=O)C1C[C@H]2[C@@H](CC=C3CC(O)CC[C@@]32C)[C@@H]2CC[C@H]([C@H](C)CCCC(C)C)[C@@]12C. The molecule has 2 heteroatoms. The molecule has 0 spiro atoms. The first-order valence-electron chi connectivity index (χ1n) is 20.9. The molecule has 0 aromatic rings. The maximum atomic E-state index is 14.4. The molecule has 0 bridgehead atoms. The van der Waals surface area contributed by atoms with Gasteiger partial charge in [-0.1, -0.05) is 129 Å². The molecule has 4 rings (SSSR count). The zero-order chi connectivity index (χ0) is 33.9. The minimum Gasteiger partial charge on any atom is -0.393 e. The number of aliphatic hydroxyl groups is 1. The zero-order valence-electron chi connectivity index (χ0n) is 31.9. The van der Waals surface area contributed by atoms with Crippen LogP contribution < -0.4 is 0 Å². The molecule has 0 saturated heterocycles. The van der Waals surface area contributed by atoms with Gasteiger partial charge in [0.1, 0.15) is 0 Å². The molecule has 4 aliphatic rings. The van der Waals surface area contributed by atoms with Gasteiger partial charge in [0.2, 0.25) is 0 Å². The first-order valence-corrected chi connectivity index (χ1v) is 20.9. The summed E-state index contributed by atoms with van der Waals surface area (Å²) < 4.78 is 0. The molecule has 0 aliphatic heterocycles. The summed E-state index contributed by atoms with van der Waals surface area (Å²) in [5.41, 5.74) is 1.79. The van der Waals surface area contributed by atoms with Gasteiger partial charge >= 0.3 is 0 Å². The van der Waals surface area contributed by atoms with Crippen molar-refractivity contribution in [3.63, 3.8) is 0 Å². The number of unbranched alkanes of at least 4 members (excludes halogenated alkanes) is 10. The van der Waals surface area contributed by atoms with Crippen LogP contribution in [-0.2, 0) is 4.79 Å². The van der Waals surface area contributed by atoms with E-state index in [0.29, 0.717) is 35.4 Å². The van der Waals surface area contributed by atoms with Gasteiger partial charge in [-0.05, 0) is 136 Å². The van der Waals surface area contributed by atoms with E-state index in [9.17, 15) is 9.90 Å². The van der Waals surface area contributed by atoms with Gasteiger partial charge in [-0.3, -0.25) is 4.79 Å². The molecule has 0 aromatic heterocycles. The summed E-state index contributed by atoms with van der Waals surface area (Å²) >= 11 is 0. The van der Waals surface area contributed by atoms with Crippen molar-refractivity contribution in [1.82, 2.24) is 0 Å². The lowest BCUT2D eigenvalue weighted by Gasteiger charge is -2.60. The van der Waals surface area contributed by atoms with Crippen LogP contribution in [-0.4, -0.2) is 17.0 Å². The maximum Gasteiger partial charge on any atom is 0.159 e. The Balaban J connectivity index is 1.34. The fourth-order valence-electron chi connectivity index (χ4n) is 11.4. The number of fused-ring (bicyclic) bond motifs is 5. The van der Waals surface area contributed by atoms with E-state index in [1.165, 1.54) is 115 Å². The Hall–Kier alpha value is -1.15. The van der Waals surface area contributed by atoms with Gasteiger partial charge in [-0.15, -0.1) is 0 Å². The number of ketones is 1. The first-order chi connectivity index (χ1) is 22.6. The highest BCUT2D eigenvalue weighted by molar-refractivity contribution is 5.92. The van der Waals surface area contributed by atoms with Gasteiger partial charge in [0.15, 0.2) is 5.78 Å². The van der Waals surface area contributed by atoms with E-state index in [2.05, 4.69) is 65.8 Å². The lowest BCUT2D eigenvalue weighted by atomic mass is 9.43. The van der Waals surface area contributed by atoms with Crippen LogP contribution in [0.15, 0.2) is 36.0 Å². The highest BCUT2D eigenvalue weighted by atomic mass is 16.3. The molecule has 268 valence electrons. The van der Waals surface area contributed by atoms with Crippen molar-refractivity contribution >= 4 is 5.78 Å². The quantitative estimate of drug-likeness (QED) is 0.0810. The van der Waals surface area contributed by atoms with Gasteiger partial charge < -0.3 is 5.11 Å². The number of rotatable bonds is 20. The summed E-state index contributed by atoms with van der Waals surface area (Å²) in [5, 5.41) is 10.5. The molecule has 9 atom stereocenters. The fourth-order valence-corrected chi connectivity index (χ4v) is 11.4. The van der Waals surface area contributed by atoms with E-state index < -0.39 is 0 Å². The van der Waals surface area contributed by atoms with Gasteiger partial charge in [-0.2, -0.15) is 0 Å². The molecule has 2 nitrogen and oxygen atoms in total. The minimum absolute atomic E-state index is 0.112. The predicted octanol–water partition coefficient (Wildman–Crippen LogP) is 13.0. The fraction of sp³-hybridized carbons (Fsp3) is 0.844. The molecular formula is C45H76O2. The molecule has 0 heterocycles. The number of carbonyl (C=O) groups is 1. The second-order valence-corrected chi connectivity index (χ2v) is 17.8. The van der Waals surface area contributed by atoms with Gasteiger partial charge in [0.05, 0.1) is 6.10 Å². The van der Waals surface area contributed by atoms with Crippen molar-refractivity contribution in [3.8, 4) is 0 Å². The van der Waals surface area contributed by atoms with Crippen LogP contribution in [0.2, 0.25) is 0 Å². The average molecular weight is 649 g/mol. The highest BCUT2D eigenvalue weighted by Gasteiger charge is 2.63. The van der Waals surface area contributed by atoms with Crippen molar-refractivity contribution in [3.05, 3.63) is 36.0 Å². The van der Waals surface area contributed by atoms with E-state index >= 15 is 0 Å². The Morgan fingerprint density at radius 2 is 1.51 bits per heavy atom. The summed E-state index contributed by atoms with van der Waals surface area (Å²) in [7, 11) is 0. The standard InChI is InChI=1S/C45H76O2/c1-7-8-9-10-11-12-13-14-15-16-17-18-19-20-21-25-43(47)42-33-41-38(27-26-36-32-37(46)30-31-44(36,41)5)40-29-28-39(45(40,42)6)35(4)24-22-23-34(2)3/h11-12,21,25-26,34-35,37-42,46H,7-10,13-20,22-24,27-33H2,1-6H3/t35-,37?,38+,39-,40+,41+,42?,44+,45-/m1/s1. The smallest absolute Gasteiger partial charge is 0.159 e. The monoisotopic (exact) mass is 649 g/mol. The van der Waals surface area contributed by atoms with Crippen molar-refractivity contribution in [2.24, 2.45) is 52.3 Å². The van der Waals surface area contributed by atoms with Crippen LogP contribution in [0.3, 0.4) is 0 Å². The molecule has 2 unspecified atom stereocenters. The molecule has 1 N–H and O–H groups in total. The molecule has 47 heavy (non-hydrogen) atoms. The Morgan fingerprint density at radius 1 is 0.851 bits per heavy atom. The number of allylic oxidation sites excluding steroid dienone is 5. The maximum absolute atomic E-state index is 14.4. The molecule has 4 aliphatic carbocycles. The third-order valence-electron chi connectivity index (χ3n) is 14.2. The molecule has 0 amide bonds. The first kappa shape index (κ1) is 38.6. The summed E-state index contributed by atoms with van der Waals surface area (Å²) in [4.78, 5) is 14.4. The molecule has 3 saturated carbocycles. The van der Waals surface area contributed by atoms with Crippen molar-refractivity contribution in [2.45, 2.75) is 189 Å². The molecule has 0 aromatic carbocycles. The Labute approximate surface area is 292 Å². The summed E-state index contributed by atoms with van der Waals surface area (Å²) in [6.45, 7) is 14.6. The molecule has 3 fully saturated rings. The molecular weight excluding hydrogens is 572 g/mol. The summed E-state index contributed by atoms with van der Waals surface area (Å²) in [5.74, 6) is 4.65. The van der Waals surface area contributed by atoms with Crippen LogP contribution in [0.25, 0.3) is 0 Å². The van der Waals surface area contributed by atoms with Crippen LogP contribution >= 0.6 is 0 Å². The number of hydrogen-bond donors (Lipinski definition) is 1. The van der Waals surface area contributed by atoms with E-state index in [-0.39, 0.29) is 22.9 Å². The van der Waals surface area contributed by atoms with Crippen LogP contribution in [0.5, 0.6) is 0 Å². The Bertz CT molecular complexity index is 1030. The predicted molar refractivity (Wildman–Crippen MR) is 202 cm³/mol. The Morgan fingerprint density at radius 3 is 2.19 bits per heavy atom. The highest BCUT2D eigenvalue weighted by Crippen LogP contribution is 2.69. The number of hydrogen-bond acceptors (Lipinski definition) is 2. The van der Waals surface area contributed by atoms with Gasteiger partial charge in [0, 0.05) is 5.92 Å². The van der Waals surface area contributed by atoms with Crippen LogP contribution in [0, 0.1) is 52.3 Å². The lowest BCUT2D eigenvalue weighted by Crippen LogP contribution is -2.56. The van der Waals surface area contributed by atoms with E-state index in [1.54, 1.807) is 0 Å². The topological polar surface area (TPSA) is 37.3 Å². The van der Waals surface area contributed by atoms with Crippen molar-refractivity contribution < 1.29 is 9.90 Å². The van der Waals surface area contributed by atoms with E-state index in [1.807, 2.05) is 6.08 Å². The van der Waals surface area contributed by atoms with Crippen molar-refractivity contribution in [1.29, 1.82) is 0 Å². The second kappa shape index (κ2) is 18.7. The van der Waals surface area contributed by atoms with Crippen LogP contribution in [0.4, 0.5) is 0 Å². The summed E-state index contributed by atoms with van der Waals surface area (Å²) in [6, 6.07) is 0. The molecule has 0 radical (unpaired) electrons.